The van der Waals surface area contributed by atoms with E-state index in [9.17, 15) is 4.79 Å². The highest BCUT2D eigenvalue weighted by molar-refractivity contribution is 5.49. The van der Waals surface area contributed by atoms with E-state index in [0.29, 0.717) is 5.41 Å². The number of nitrogens with zero attached hydrogens (tertiary/aromatic N) is 2. The van der Waals surface area contributed by atoms with Gasteiger partial charge in [-0.3, -0.25) is 4.79 Å². The van der Waals surface area contributed by atoms with Crippen LogP contribution >= 0.6 is 0 Å². The van der Waals surface area contributed by atoms with Crippen LogP contribution in [-0.4, -0.2) is 55.0 Å². The Morgan fingerprint density at radius 1 is 1.17 bits per heavy atom. The van der Waals surface area contributed by atoms with Crippen LogP contribution in [0.4, 0.5) is 0 Å². The maximum Gasteiger partial charge on any atom is 0.210 e. The molecule has 2 saturated heterocycles. The second kappa shape index (κ2) is 12.8. The second-order valence-corrected chi connectivity index (χ2v) is 9.55. The van der Waals surface area contributed by atoms with E-state index in [-0.39, 0.29) is 6.04 Å². The van der Waals surface area contributed by atoms with Gasteiger partial charge in [-0.2, -0.15) is 0 Å². The molecule has 2 aliphatic rings. The molecule has 2 aliphatic heterocycles. The number of hydrogen-bond donors (Lipinski definition) is 1. The normalized spacial score (nSPS) is 21.3. The zero-order valence-electron chi connectivity index (χ0n) is 19.5. The van der Waals surface area contributed by atoms with Gasteiger partial charge in [0.25, 0.3) is 0 Å². The molecule has 1 amide bonds. The van der Waals surface area contributed by atoms with Crippen molar-refractivity contribution in [3.8, 4) is 0 Å². The molecule has 4 nitrogen and oxygen atoms in total. The molecular weight excluding hydrogens is 370 g/mol. The Bertz CT molecular complexity index is 628. The largest absolute Gasteiger partial charge is 0.387 e. The van der Waals surface area contributed by atoms with Crippen LogP contribution in [0, 0.1) is 5.41 Å². The molecule has 1 aromatic carbocycles. The van der Waals surface area contributed by atoms with E-state index in [2.05, 4.69) is 67.9 Å². The quantitative estimate of drug-likeness (QED) is 0.618. The van der Waals surface area contributed by atoms with Gasteiger partial charge in [0, 0.05) is 25.3 Å². The van der Waals surface area contributed by atoms with Gasteiger partial charge in [0.2, 0.25) is 6.41 Å². The molecule has 2 fully saturated rings. The molecule has 0 bridgehead atoms. The minimum atomic E-state index is 0.226. The van der Waals surface area contributed by atoms with E-state index in [1.807, 2.05) is 4.90 Å². The van der Waals surface area contributed by atoms with Crippen molar-refractivity contribution in [2.45, 2.75) is 71.8 Å². The second-order valence-electron chi connectivity index (χ2n) is 9.55. The summed E-state index contributed by atoms with van der Waals surface area (Å²) in [5.74, 6) is 0. The van der Waals surface area contributed by atoms with Crippen molar-refractivity contribution in [1.82, 2.24) is 15.1 Å². The summed E-state index contributed by atoms with van der Waals surface area (Å²) in [5, 5.41) is 3.24. The SMILES string of the molecule is C=C(NCCC)C1CCCN1C=O.CC1(C)CCCN(CCc2ccccc2)CC1. The predicted molar refractivity (Wildman–Crippen MR) is 127 cm³/mol. The summed E-state index contributed by atoms with van der Waals surface area (Å²) in [6, 6.07) is 11.1. The fourth-order valence-electron chi connectivity index (χ4n) is 4.33. The van der Waals surface area contributed by atoms with E-state index < -0.39 is 0 Å². The standard InChI is InChI=1S/C16H25N.C10H18N2O/c1-16(2)10-6-12-17(14-11-16)13-9-15-7-4-3-5-8-15;1-3-6-11-9(2)10-5-4-7-12(10)8-13/h3-5,7-8H,6,9-14H2,1-2H3;8,10-11H,2-7H2,1H3. The molecule has 1 aromatic rings. The summed E-state index contributed by atoms with van der Waals surface area (Å²) < 4.78 is 0. The average molecular weight is 414 g/mol. The molecule has 2 heterocycles. The number of benzene rings is 1. The highest BCUT2D eigenvalue weighted by Crippen LogP contribution is 2.29. The van der Waals surface area contributed by atoms with Crippen LogP contribution in [-0.2, 0) is 11.2 Å². The number of amides is 1. The maximum atomic E-state index is 10.7. The number of rotatable bonds is 8. The van der Waals surface area contributed by atoms with Crippen molar-refractivity contribution in [3.05, 3.63) is 48.2 Å². The molecular formula is C26H43N3O. The zero-order valence-corrected chi connectivity index (χ0v) is 19.5. The fraction of sp³-hybridized carbons (Fsp3) is 0.654. The lowest BCUT2D eigenvalue weighted by atomic mass is 9.85. The lowest BCUT2D eigenvalue weighted by Gasteiger charge is -2.23. The number of likely N-dealkylation sites (tertiary alicyclic amines) is 2. The molecule has 30 heavy (non-hydrogen) atoms. The van der Waals surface area contributed by atoms with Gasteiger partial charge in [-0.25, -0.2) is 0 Å². The van der Waals surface area contributed by atoms with E-state index in [1.165, 1.54) is 50.9 Å². The van der Waals surface area contributed by atoms with Crippen LogP contribution in [0.3, 0.4) is 0 Å². The number of carbonyl (C=O) groups excluding carboxylic acids is 1. The Kier molecular flexibility index (Phi) is 10.4. The molecule has 4 heteroatoms. The van der Waals surface area contributed by atoms with Crippen molar-refractivity contribution in [3.63, 3.8) is 0 Å². The number of hydrogen-bond acceptors (Lipinski definition) is 3. The first-order valence-corrected chi connectivity index (χ1v) is 11.8. The van der Waals surface area contributed by atoms with Gasteiger partial charge in [-0.05, 0) is 69.0 Å². The molecule has 1 atom stereocenters. The Hall–Kier alpha value is -1.81. The predicted octanol–water partition coefficient (Wildman–Crippen LogP) is 4.86. The van der Waals surface area contributed by atoms with Crippen molar-refractivity contribution in [1.29, 1.82) is 0 Å². The van der Waals surface area contributed by atoms with Crippen LogP contribution in [0.15, 0.2) is 42.6 Å². The van der Waals surface area contributed by atoms with Gasteiger partial charge in [-0.1, -0.05) is 57.7 Å². The minimum absolute atomic E-state index is 0.226. The van der Waals surface area contributed by atoms with Gasteiger partial charge in [0.05, 0.1) is 6.04 Å². The highest BCUT2D eigenvalue weighted by Gasteiger charge is 2.25. The first kappa shape index (κ1) is 24.5. The van der Waals surface area contributed by atoms with E-state index in [4.69, 9.17) is 0 Å². The van der Waals surface area contributed by atoms with Gasteiger partial charge < -0.3 is 15.1 Å². The Morgan fingerprint density at radius 3 is 2.63 bits per heavy atom. The van der Waals surface area contributed by atoms with Crippen LogP contribution in [0.25, 0.3) is 0 Å². The lowest BCUT2D eigenvalue weighted by molar-refractivity contribution is -0.118. The van der Waals surface area contributed by atoms with Crippen LogP contribution in [0.1, 0.15) is 64.9 Å². The molecule has 0 radical (unpaired) electrons. The maximum absolute atomic E-state index is 10.7. The topological polar surface area (TPSA) is 35.6 Å². The lowest BCUT2D eigenvalue weighted by Crippen LogP contribution is -2.34. The van der Waals surface area contributed by atoms with Crippen LogP contribution < -0.4 is 5.32 Å². The Morgan fingerprint density at radius 2 is 1.93 bits per heavy atom. The molecule has 1 N–H and O–H groups in total. The summed E-state index contributed by atoms with van der Waals surface area (Å²) in [4.78, 5) is 15.1. The third-order valence-electron chi connectivity index (χ3n) is 6.43. The first-order valence-electron chi connectivity index (χ1n) is 11.8. The molecule has 3 rings (SSSR count). The van der Waals surface area contributed by atoms with Gasteiger partial charge in [0.1, 0.15) is 0 Å². The summed E-state index contributed by atoms with van der Waals surface area (Å²) in [7, 11) is 0. The monoisotopic (exact) mass is 413 g/mol. The minimum Gasteiger partial charge on any atom is -0.387 e. The smallest absolute Gasteiger partial charge is 0.210 e. The van der Waals surface area contributed by atoms with Gasteiger partial charge in [-0.15, -0.1) is 0 Å². The van der Waals surface area contributed by atoms with E-state index in [0.717, 1.165) is 44.5 Å². The van der Waals surface area contributed by atoms with Crippen molar-refractivity contribution < 1.29 is 4.79 Å². The first-order chi connectivity index (χ1) is 14.4. The highest BCUT2D eigenvalue weighted by atomic mass is 16.1. The van der Waals surface area contributed by atoms with Crippen molar-refractivity contribution >= 4 is 6.41 Å². The molecule has 0 aliphatic carbocycles. The molecule has 0 aromatic heterocycles. The van der Waals surface area contributed by atoms with Crippen LogP contribution in [0.2, 0.25) is 0 Å². The third-order valence-corrected chi connectivity index (χ3v) is 6.43. The van der Waals surface area contributed by atoms with E-state index >= 15 is 0 Å². The number of nitrogens with one attached hydrogen (secondary N) is 1. The van der Waals surface area contributed by atoms with Gasteiger partial charge >= 0.3 is 0 Å². The molecule has 0 spiro atoms. The average Bonchev–Trinajstić information content (AvgIpc) is 3.16. The molecule has 0 saturated carbocycles. The fourth-order valence-corrected chi connectivity index (χ4v) is 4.33. The summed E-state index contributed by atoms with van der Waals surface area (Å²) in [5.41, 5.74) is 3.02. The summed E-state index contributed by atoms with van der Waals surface area (Å²) in [6.07, 6.45) is 9.45. The Labute approximate surface area is 184 Å². The van der Waals surface area contributed by atoms with E-state index in [1.54, 1.807) is 0 Å². The van der Waals surface area contributed by atoms with Gasteiger partial charge in [0.15, 0.2) is 0 Å². The summed E-state index contributed by atoms with van der Waals surface area (Å²) >= 11 is 0. The molecule has 1 unspecified atom stereocenters. The number of carbonyl (C=O) groups is 1. The summed E-state index contributed by atoms with van der Waals surface area (Å²) in [6.45, 7) is 16.5. The third kappa shape index (κ3) is 8.51. The zero-order chi connectivity index (χ0) is 21.8. The van der Waals surface area contributed by atoms with Crippen molar-refractivity contribution in [2.75, 3.05) is 32.7 Å². The van der Waals surface area contributed by atoms with Crippen LogP contribution in [0.5, 0.6) is 0 Å². The molecule has 168 valence electrons. The Balaban J connectivity index is 0.000000222. The van der Waals surface area contributed by atoms with Crippen molar-refractivity contribution in [2.24, 2.45) is 5.41 Å².